The van der Waals surface area contributed by atoms with Crippen molar-refractivity contribution in [2.75, 3.05) is 26.4 Å². The molecule has 1 unspecified atom stereocenters. The van der Waals surface area contributed by atoms with Gasteiger partial charge in [-0.3, -0.25) is 4.79 Å². The molecule has 1 atom stereocenters. The number of carbonyl (C=O) groups excluding carboxylic acids is 1. The van der Waals surface area contributed by atoms with Crippen molar-refractivity contribution in [3.63, 3.8) is 0 Å². The van der Waals surface area contributed by atoms with E-state index in [1.165, 1.54) is 0 Å². The van der Waals surface area contributed by atoms with E-state index >= 15 is 0 Å². The minimum atomic E-state index is -0.155. The first-order chi connectivity index (χ1) is 8.70. The van der Waals surface area contributed by atoms with Gasteiger partial charge in [0, 0.05) is 19.0 Å². The molecule has 1 saturated carbocycles. The molecule has 1 amide bonds. The third-order valence-electron chi connectivity index (χ3n) is 4.11. The highest BCUT2D eigenvalue weighted by Gasteiger charge is 2.29. The average Bonchev–Trinajstić information content (AvgIpc) is 2.41. The van der Waals surface area contributed by atoms with Crippen molar-refractivity contribution in [1.29, 1.82) is 0 Å². The minimum Gasteiger partial charge on any atom is -0.394 e. The van der Waals surface area contributed by atoms with E-state index in [2.05, 4.69) is 0 Å². The lowest BCUT2D eigenvalue weighted by molar-refractivity contribution is -0.142. The van der Waals surface area contributed by atoms with Gasteiger partial charge in [0.2, 0.25) is 5.91 Å². The van der Waals surface area contributed by atoms with Gasteiger partial charge in [-0.2, -0.15) is 0 Å². The van der Waals surface area contributed by atoms with Crippen LogP contribution in [-0.2, 0) is 9.53 Å². The van der Waals surface area contributed by atoms with E-state index in [4.69, 9.17) is 10.5 Å². The summed E-state index contributed by atoms with van der Waals surface area (Å²) in [7, 11) is 0. The van der Waals surface area contributed by atoms with E-state index < -0.39 is 0 Å². The summed E-state index contributed by atoms with van der Waals surface area (Å²) in [5.74, 6) is 0.636. The molecule has 2 fully saturated rings. The quantitative estimate of drug-likeness (QED) is 0.751. The highest BCUT2D eigenvalue weighted by molar-refractivity contribution is 5.77. The van der Waals surface area contributed by atoms with E-state index in [9.17, 15) is 9.90 Å². The molecule has 0 aromatic carbocycles. The van der Waals surface area contributed by atoms with Crippen molar-refractivity contribution in [2.24, 2.45) is 11.7 Å². The fourth-order valence-electron chi connectivity index (χ4n) is 2.89. The van der Waals surface area contributed by atoms with Crippen molar-refractivity contribution >= 4 is 5.91 Å². The number of morpholine rings is 1. The molecule has 0 radical (unpaired) electrons. The summed E-state index contributed by atoms with van der Waals surface area (Å²) in [6, 6.07) is 0.169. The predicted octanol–water partition coefficient (Wildman–Crippen LogP) is 0.114. The van der Waals surface area contributed by atoms with E-state index in [0.29, 0.717) is 38.1 Å². The van der Waals surface area contributed by atoms with Gasteiger partial charge in [0.1, 0.15) is 0 Å². The van der Waals surface area contributed by atoms with Gasteiger partial charge in [-0.05, 0) is 31.6 Å². The molecule has 0 spiro atoms. The summed E-state index contributed by atoms with van der Waals surface area (Å²) in [5, 5.41) is 9.26. The van der Waals surface area contributed by atoms with Crippen LogP contribution in [0.2, 0.25) is 0 Å². The van der Waals surface area contributed by atoms with Crippen LogP contribution in [0, 0.1) is 5.92 Å². The molecule has 0 aromatic heterocycles. The smallest absolute Gasteiger partial charge is 0.223 e. The topological polar surface area (TPSA) is 75.8 Å². The summed E-state index contributed by atoms with van der Waals surface area (Å²) in [6.45, 7) is 1.63. The van der Waals surface area contributed by atoms with Gasteiger partial charge < -0.3 is 20.5 Å². The maximum atomic E-state index is 12.2. The van der Waals surface area contributed by atoms with Gasteiger partial charge in [-0.1, -0.05) is 0 Å². The summed E-state index contributed by atoms with van der Waals surface area (Å²) < 4.78 is 5.29. The Balaban J connectivity index is 1.82. The summed E-state index contributed by atoms with van der Waals surface area (Å²) in [6.07, 6.45) is 4.78. The van der Waals surface area contributed by atoms with Gasteiger partial charge in [-0.15, -0.1) is 0 Å². The Labute approximate surface area is 108 Å². The zero-order valence-electron chi connectivity index (χ0n) is 10.9. The number of nitrogens with two attached hydrogens (primary N) is 1. The Morgan fingerprint density at radius 2 is 2.06 bits per heavy atom. The molecule has 5 heteroatoms. The number of aliphatic hydroxyl groups excluding tert-OH is 1. The zero-order chi connectivity index (χ0) is 13.0. The molecular weight excluding hydrogens is 232 g/mol. The normalized spacial score (nSPS) is 33.4. The number of nitrogens with zero attached hydrogens (tertiary/aromatic N) is 1. The fourth-order valence-corrected chi connectivity index (χ4v) is 2.89. The Morgan fingerprint density at radius 3 is 2.72 bits per heavy atom. The van der Waals surface area contributed by atoms with Crippen LogP contribution in [0.5, 0.6) is 0 Å². The van der Waals surface area contributed by atoms with Crippen LogP contribution in [0.3, 0.4) is 0 Å². The lowest BCUT2D eigenvalue weighted by Gasteiger charge is -2.36. The largest absolute Gasteiger partial charge is 0.394 e. The molecule has 1 saturated heterocycles. The maximum absolute atomic E-state index is 12.2. The summed E-state index contributed by atoms with van der Waals surface area (Å²) in [5.41, 5.74) is 5.87. The molecule has 1 aliphatic carbocycles. The second-order valence-corrected chi connectivity index (χ2v) is 5.48. The monoisotopic (exact) mass is 256 g/mol. The number of aliphatic hydroxyl groups is 1. The van der Waals surface area contributed by atoms with Gasteiger partial charge in [0.15, 0.2) is 0 Å². The lowest BCUT2D eigenvalue weighted by atomic mass is 9.84. The number of carbonyl (C=O) groups is 1. The molecule has 2 aliphatic rings. The molecule has 0 aromatic rings. The number of amides is 1. The van der Waals surface area contributed by atoms with Crippen molar-refractivity contribution in [2.45, 2.75) is 44.2 Å². The van der Waals surface area contributed by atoms with Gasteiger partial charge in [0.05, 0.1) is 25.9 Å². The van der Waals surface area contributed by atoms with Gasteiger partial charge in [-0.25, -0.2) is 0 Å². The second kappa shape index (κ2) is 6.50. The first-order valence-corrected chi connectivity index (χ1v) is 6.94. The Kier molecular flexibility index (Phi) is 4.97. The van der Waals surface area contributed by atoms with Gasteiger partial charge >= 0.3 is 0 Å². The molecule has 1 heterocycles. The zero-order valence-corrected chi connectivity index (χ0v) is 10.9. The Morgan fingerprint density at radius 1 is 1.33 bits per heavy atom. The standard InChI is InChI=1S/C13H24N2O3/c14-11-3-1-10(2-4-11)7-13(17)15-5-6-18-9-12(15)8-16/h10-12,16H,1-9,14H2. The van der Waals surface area contributed by atoms with E-state index in [1.54, 1.807) is 4.90 Å². The van der Waals surface area contributed by atoms with Gasteiger partial charge in [0.25, 0.3) is 0 Å². The molecule has 5 nitrogen and oxygen atoms in total. The van der Waals surface area contributed by atoms with Crippen LogP contribution in [0.1, 0.15) is 32.1 Å². The van der Waals surface area contributed by atoms with Crippen LogP contribution in [0.4, 0.5) is 0 Å². The Bertz CT molecular complexity index is 277. The number of hydrogen-bond donors (Lipinski definition) is 2. The summed E-state index contributed by atoms with van der Waals surface area (Å²) in [4.78, 5) is 14.0. The van der Waals surface area contributed by atoms with Crippen LogP contribution in [-0.4, -0.2) is 54.4 Å². The van der Waals surface area contributed by atoms with Crippen molar-refractivity contribution in [1.82, 2.24) is 4.90 Å². The second-order valence-electron chi connectivity index (χ2n) is 5.48. The molecule has 18 heavy (non-hydrogen) atoms. The van der Waals surface area contributed by atoms with Crippen molar-refractivity contribution in [3.05, 3.63) is 0 Å². The van der Waals surface area contributed by atoms with Crippen molar-refractivity contribution < 1.29 is 14.6 Å². The molecular formula is C13H24N2O3. The van der Waals surface area contributed by atoms with Crippen LogP contribution >= 0.6 is 0 Å². The lowest BCUT2D eigenvalue weighted by Crippen LogP contribution is -2.50. The highest BCUT2D eigenvalue weighted by Crippen LogP contribution is 2.27. The molecule has 3 N–H and O–H groups in total. The van der Waals surface area contributed by atoms with Crippen molar-refractivity contribution in [3.8, 4) is 0 Å². The van der Waals surface area contributed by atoms with Crippen LogP contribution < -0.4 is 5.73 Å². The van der Waals surface area contributed by atoms with E-state index in [-0.39, 0.29) is 18.6 Å². The number of hydrogen-bond acceptors (Lipinski definition) is 4. The molecule has 104 valence electrons. The number of rotatable bonds is 3. The number of ether oxygens (including phenoxy) is 1. The average molecular weight is 256 g/mol. The summed E-state index contributed by atoms with van der Waals surface area (Å²) >= 11 is 0. The fraction of sp³-hybridized carbons (Fsp3) is 0.923. The first kappa shape index (κ1) is 13.8. The van der Waals surface area contributed by atoms with E-state index in [0.717, 1.165) is 25.7 Å². The highest BCUT2D eigenvalue weighted by atomic mass is 16.5. The third-order valence-corrected chi connectivity index (χ3v) is 4.11. The molecule has 1 aliphatic heterocycles. The third kappa shape index (κ3) is 3.43. The predicted molar refractivity (Wildman–Crippen MR) is 68.0 cm³/mol. The molecule has 0 bridgehead atoms. The Hall–Kier alpha value is -0.650. The molecule has 2 rings (SSSR count). The van der Waals surface area contributed by atoms with E-state index in [1.807, 2.05) is 0 Å². The SMILES string of the molecule is NC1CCC(CC(=O)N2CCOCC2CO)CC1. The van der Waals surface area contributed by atoms with Crippen LogP contribution in [0.25, 0.3) is 0 Å². The first-order valence-electron chi connectivity index (χ1n) is 6.94. The maximum Gasteiger partial charge on any atom is 0.223 e. The minimum absolute atomic E-state index is 0.0126. The van der Waals surface area contributed by atoms with Crippen LogP contribution in [0.15, 0.2) is 0 Å².